The van der Waals surface area contributed by atoms with Gasteiger partial charge in [-0.25, -0.2) is 0 Å². The van der Waals surface area contributed by atoms with Gasteiger partial charge < -0.3 is 9.79 Å². The van der Waals surface area contributed by atoms with Crippen LogP contribution in [0.25, 0.3) is 0 Å². The molecule has 3 nitrogen and oxygen atoms in total. The predicted octanol–water partition coefficient (Wildman–Crippen LogP) is 1.87. The predicted molar refractivity (Wildman–Crippen MR) is 57.4 cm³/mol. The minimum absolute atomic E-state index is 0. The van der Waals surface area contributed by atoms with E-state index in [4.69, 9.17) is 9.79 Å². The Balaban J connectivity index is 0. The fourth-order valence-corrected chi connectivity index (χ4v) is 2.23. The van der Waals surface area contributed by atoms with Gasteiger partial charge in [-0.3, -0.25) is 4.57 Å². The summed E-state index contributed by atoms with van der Waals surface area (Å²) in [6, 6.07) is 0. The van der Waals surface area contributed by atoms with Gasteiger partial charge in [0.2, 0.25) is 0 Å². The van der Waals surface area contributed by atoms with Gasteiger partial charge in [0, 0.05) is 0 Å². The zero-order valence-corrected chi connectivity index (χ0v) is 8.76. The average Bonchev–Trinajstić information content (AvgIpc) is 1.95. The van der Waals surface area contributed by atoms with Gasteiger partial charge in [-0.1, -0.05) is 33.1 Å². The minimum atomic E-state index is -3.82. The van der Waals surface area contributed by atoms with Crippen molar-refractivity contribution in [3.8, 4) is 0 Å². The first-order chi connectivity index (χ1) is 5.52. The molecule has 0 aliphatic carbocycles. The molecule has 76 valence electrons. The summed E-state index contributed by atoms with van der Waals surface area (Å²) in [6.45, 7) is 3.91. The molecule has 5 heteroatoms. The number of rotatable bonds is 6. The SMILES string of the molecule is CCCCCC(CC)P(=O)(O)O.[NaH]. The second-order valence-corrected chi connectivity index (χ2v) is 5.06. The van der Waals surface area contributed by atoms with Crippen LogP contribution in [-0.4, -0.2) is 45.0 Å². The second kappa shape index (κ2) is 8.46. The molecular formula is C8H20NaO3P. The molecule has 0 aromatic carbocycles. The Labute approximate surface area is 103 Å². The first-order valence-electron chi connectivity index (χ1n) is 4.57. The Bertz CT molecular complexity index is 157. The van der Waals surface area contributed by atoms with Crippen molar-refractivity contribution >= 4 is 37.2 Å². The fraction of sp³-hybridized carbons (Fsp3) is 1.00. The van der Waals surface area contributed by atoms with Crippen LogP contribution < -0.4 is 0 Å². The Morgan fingerprint density at radius 2 is 1.77 bits per heavy atom. The molecule has 0 rings (SSSR count). The fourth-order valence-electron chi connectivity index (χ4n) is 1.24. The number of hydrogen-bond acceptors (Lipinski definition) is 1. The average molecular weight is 218 g/mol. The van der Waals surface area contributed by atoms with Gasteiger partial charge in [0.15, 0.2) is 0 Å². The molecule has 1 atom stereocenters. The molecule has 0 saturated heterocycles. The molecule has 2 N–H and O–H groups in total. The van der Waals surface area contributed by atoms with Crippen LogP contribution in [0.2, 0.25) is 0 Å². The van der Waals surface area contributed by atoms with E-state index in [0.717, 1.165) is 19.3 Å². The van der Waals surface area contributed by atoms with Crippen LogP contribution in [0.15, 0.2) is 0 Å². The quantitative estimate of drug-likeness (QED) is 0.406. The van der Waals surface area contributed by atoms with Crippen LogP contribution in [0.1, 0.15) is 46.0 Å². The summed E-state index contributed by atoms with van der Waals surface area (Å²) in [4.78, 5) is 17.8. The normalized spacial score (nSPS) is 13.5. The van der Waals surface area contributed by atoms with Crippen LogP contribution in [-0.2, 0) is 4.57 Å². The van der Waals surface area contributed by atoms with E-state index in [9.17, 15) is 4.57 Å². The molecule has 1 unspecified atom stereocenters. The van der Waals surface area contributed by atoms with E-state index in [0.29, 0.717) is 12.8 Å². The summed E-state index contributed by atoms with van der Waals surface area (Å²) in [6.07, 6.45) is 4.33. The Morgan fingerprint density at radius 3 is 2.08 bits per heavy atom. The van der Waals surface area contributed by atoms with Gasteiger partial charge in [0.1, 0.15) is 0 Å². The summed E-state index contributed by atoms with van der Waals surface area (Å²) in [5, 5.41) is 0. The zero-order chi connectivity index (χ0) is 9.61. The number of unbranched alkanes of at least 4 members (excludes halogenated alkanes) is 2. The van der Waals surface area contributed by atoms with Crippen LogP contribution >= 0.6 is 7.60 Å². The zero-order valence-electron chi connectivity index (χ0n) is 7.86. The van der Waals surface area contributed by atoms with Crippen molar-refractivity contribution in [3.05, 3.63) is 0 Å². The third-order valence-corrected chi connectivity index (χ3v) is 3.66. The van der Waals surface area contributed by atoms with Gasteiger partial charge in [0.25, 0.3) is 0 Å². The van der Waals surface area contributed by atoms with Crippen molar-refractivity contribution in [2.75, 3.05) is 0 Å². The molecule has 0 radical (unpaired) electrons. The van der Waals surface area contributed by atoms with Gasteiger partial charge in [-0.15, -0.1) is 0 Å². The Morgan fingerprint density at radius 1 is 1.23 bits per heavy atom. The molecule has 0 aromatic heterocycles. The third-order valence-electron chi connectivity index (χ3n) is 2.09. The summed E-state index contributed by atoms with van der Waals surface area (Å²) < 4.78 is 10.9. The second-order valence-electron chi connectivity index (χ2n) is 3.15. The molecule has 13 heavy (non-hydrogen) atoms. The summed E-state index contributed by atoms with van der Waals surface area (Å²) in [5.74, 6) is 0. The topological polar surface area (TPSA) is 57.5 Å². The maximum atomic E-state index is 10.9. The van der Waals surface area contributed by atoms with Crippen molar-refractivity contribution in [1.82, 2.24) is 0 Å². The van der Waals surface area contributed by atoms with E-state index >= 15 is 0 Å². The maximum absolute atomic E-state index is 10.9. The van der Waals surface area contributed by atoms with E-state index in [1.54, 1.807) is 0 Å². The molecule has 0 heterocycles. The molecule has 0 aromatic rings. The van der Waals surface area contributed by atoms with Crippen LogP contribution in [0.3, 0.4) is 0 Å². The first-order valence-corrected chi connectivity index (χ1v) is 6.25. The molecular weight excluding hydrogens is 198 g/mol. The van der Waals surface area contributed by atoms with Crippen molar-refractivity contribution in [1.29, 1.82) is 0 Å². The summed E-state index contributed by atoms with van der Waals surface area (Å²) >= 11 is 0. The van der Waals surface area contributed by atoms with Gasteiger partial charge in [-0.05, 0) is 12.8 Å². The number of hydrogen-bond donors (Lipinski definition) is 2. The van der Waals surface area contributed by atoms with E-state index in [-0.39, 0.29) is 29.6 Å². The van der Waals surface area contributed by atoms with Crippen LogP contribution in [0.4, 0.5) is 0 Å². The van der Waals surface area contributed by atoms with E-state index in [1.165, 1.54) is 0 Å². The molecule has 0 bridgehead atoms. The standard InChI is InChI=1S/C8H19O3P.Na.H/c1-3-5-6-7-8(4-2)12(9,10)11;;/h8H,3-7H2,1-2H3,(H2,9,10,11);;. The molecule has 0 saturated carbocycles. The Kier molecular flexibility index (Phi) is 10.8. The molecule has 0 amide bonds. The monoisotopic (exact) mass is 218 g/mol. The van der Waals surface area contributed by atoms with Crippen molar-refractivity contribution < 1.29 is 14.4 Å². The molecule has 0 aliphatic heterocycles. The van der Waals surface area contributed by atoms with Crippen molar-refractivity contribution in [3.63, 3.8) is 0 Å². The molecule has 0 spiro atoms. The van der Waals surface area contributed by atoms with Gasteiger partial charge in [0.05, 0.1) is 5.66 Å². The van der Waals surface area contributed by atoms with E-state index in [1.807, 2.05) is 6.92 Å². The third kappa shape index (κ3) is 8.17. The van der Waals surface area contributed by atoms with Crippen LogP contribution in [0.5, 0.6) is 0 Å². The summed E-state index contributed by atoms with van der Waals surface area (Å²) in [5.41, 5.74) is -0.413. The Hall–Kier alpha value is 1.15. The van der Waals surface area contributed by atoms with E-state index in [2.05, 4.69) is 6.92 Å². The first kappa shape index (κ1) is 16.6. The van der Waals surface area contributed by atoms with Crippen molar-refractivity contribution in [2.24, 2.45) is 0 Å². The van der Waals surface area contributed by atoms with Crippen LogP contribution in [0, 0.1) is 0 Å². The van der Waals surface area contributed by atoms with Crippen molar-refractivity contribution in [2.45, 2.75) is 51.6 Å². The molecule has 0 fully saturated rings. The summed E-state index contributed by atoms with van der Waals surface area (Å²) in [7, 11) is -3.82. The van der Waals surface area contributed by atoms with Gasteiger partial charge >= 0.3 is 37.2 Å². The van der Waals surface area contributed by atoms with Gasteiger partial charge in [-0.2, -0.15) is 0 Å². The molecule has 0 aliphatic rings. The van der Waals surface area contributed by atoms with E-state index < -0.39 is 13.3 Å².